The number of carboxylic acids is 2. The Morgan fingerprint density at radius 3 is 2.24 bits per heavy atom. The van der Waals surface area contributed by atoms with Crippen LogP contribution in [-0.4, -0.2) is 46.7 Å². The van der Waals surface area contributed by atoms with Crippen molar-refractivity contribution >= 4 is 11.9 Å². The molecule has 0 aliphatic carbocycles. The molecule has 1 heterocycles. The van der Waals surface area contributed by atoms with Gasteiger partial charge in [0.25, 0.3) is 0 Å². The van der Waals surface area contributed by atoms with E-state index in [1.165, 1.54) is 31.4 Å². The van der Waals surface area contributed by atoms with Gasteiger partial charge in [0, 0.05) is 12.1 Å². The minimum absolute atomic E-state index is 0.163. The first-order chi connectivity index (χ1) is 9.93. The summed E-state index contributed by atoms with van der Waals surface area (Å²) in [4.78, 5) is 20.6. The molecule has 116 valence electrons. The fourth-order valence-electron chi connectivity index (χ4n) is 2.45. The number of likely N-dealkylation sites (N-methyl/N-ethyl adjacent to an activating group) is 1. The first-order valence-corrected chi connectivity index (χ1v) is 6.90. The number of piperidine rings is 1. The van der Waals surface area contributed by atoms with Crippen molar-refractivity contribution < 1.29 is 19.8 Å². The summed E-state index contributed by atoms with van der Waals surface area (Å²) < 4.78 is 0. The van der Waals surface area contributed by atoms with Crippen LogP contribution in [0.2, 0.25) is 0 Å². The van der Waals surface area contributed by atoms with Crippen LogP contribution in [0.1, 0.15) is 30.9 Å². The molecule has 0 saturated carbocycles. The fraction of sp³-hybridized carbons (Fsp3) is 0.467. The molecule has 1 saturated heterocycles. The smallest absolute Gasteiger partial charge is 0.414 e. The number of likely N-dealkylation sites (tertiary alicyclic amines) is 1. The number of aliphatic carboxylic acids is 2. The van der Waals surface area contributed by atoms with Gasteiger partial charge in [0.1, 0.15) is 0 Å². The van der Waals surface area contributed by atoms with Gasteiger partial charge in [-0.25, -0.2) is 9.59 Å². The zero-order valence-corrected chi connectivity index (χ0v) is 12.1. The predicted molar refractivity (Wildman–Crippen MR) is 78.9 cm³/mol. The van der Waals surface area contributed by atoms with Gasteiger partial charge in [0.15, 0.2) is 0 Å². The summed E-state index contributed by atoms with van der Waals surface area (Å²) in [6.07, 6.45) is 3.86. The van der Waals surface area contributed by atoms with Crippen LogP contribution in [0.5, 0.6) is 0 Å². The zero-order valence-electron chi connectivity index (χ0n) is 12.1. The molecule has 1 aliphatic rings. The highest BCUT2D eigenvalue weighted by molar-refractivity contribution is 6.27. The number of nitrogens with two attached hydrogens (primary N) is 1. The Kier molecular flexibility index (Phi) is 6.84. The number of hydrogen-bond acceptors (Lipinski definition) is 4. The third kappa shape index (κ3) is 5.53. The second kappa shape index (κ2) is 8.39. The highest BCUT2D eigenvalue weighted by Crippen LogP contribution is 2.25. The van der Waals surface area contributed by atoms with Gasteiger partial charge in [-0.2, -0.15) is 0 Å². The summed E-state index contributed by atoms with van der Waals surface area (Å²) in [5, 5.41) is 14.8. The fourth-order valence-corrected chi connectivity index (χ4v) is 2.45. The van der Waals surface area contributed by atoms with Crippen LogP contribution in [-0.2, 0) is 9.59 Å². The number of benzene rings is 1. The molecule has 1 aliphatic heterocycles. The number of carbonyl (C=O) groups is 2. The minimum Gasteiger partial charge on any atom is -0.473 e. The van der Waals surface area contributed by atoms with E-state index < -0.39 is 11.9 Å². The lowest BCUT2D eigenvalue weighted by Crippen LogP contribution is -2.43. The van der Waals surface area contributed by atoms with E-state index in [4.69, 9.17) is 25.5 Å². The lowest BCUT2D eigenvalue weighted by molar-refractivity contribution is -0.159. The van der Waals surface area contributed by atoms with Gasteiger partial charge < -0.3 is 20.8 Å². The summed E-state index contributed by atoms with van der Waals surface area (Å²) >= 11 is 0. The van der Waals surface area contributed by atoms with Gasteiger partial charge in [-0.15, -0.1) is 0 Å². The largest absolute Gasteiger partial charge is 0.473 e. The molecule has 4 N–H and O–H groups in total. The van der Waals surface area contributed by atoms with E-state index in [1.54, 1.807) is 0 Å². The molecule has 6 nitrogen and oxygen atoms in total. The van der Waals surface area contributed by atoms with Crippen molar-refractivity contribution in [2.75, 3.05) is 13.6 Å². The maximum atomic E-state index is 9.10. The molecule has 0 amide bonds. The van der Waals surface area contributed by atoms with E-state index in [0.29, 0.717) is 6.04 Å². The van der Waals surface area contributed by atoms with Crippen LogP contribution in [0.3, 0.4) is 0 Å². The van der Waals surface area contributed by atoms with E-state index in [-0.39, 0.29) is 6.04 Å². The zero-order chi connectivity index (χ0) is 15.8. The first kappa shape index (κ1) is 17.1. The van der Waals surface area contributed by atoms with Crippen LogP contribution in [0.25, 0.3) is 0 Å². The highest BCUT2D eigenvalue weighted by atomic mass is 16.4. The molecule has 6 heteroatoms. The van der Waals surface area contributed by atoms with Crippen molar-refractivity contribution in [2.24, 2.45) is 5.73 Å². The standard InChI is InChI=1S/C13H20N2.C2H2O4/c1-15-10-6-5-9-12(15)13(14)11-7-3-2-4-8-11;3-1(4)2(5)6/h2-4,7-8,12-13H,5-6,9-10,14H2,1H3;(H,3,4)(H,5,6). The third-order valence-corrected chi connectivity index (χ3v) is 3.61. The Labute approximate surface area is 124 Å². The van der Waals surface area contributed by atoms with Gasteiger partial charge in [0.2, 0.25) is 0 Å². The average molecular weight is 294 g/mol. The molecule has 1 aromatic rings. The van der Waals surface area contributed by atoms with E-state index >= 15 is 0 Å². The van der Waals surface area contributed by atoms with Gasteiger partial charge in [0.05, 0.1) is 0 Å². The maximum Gasteiger partial charge on any atom is 0.414 e. The molecular weight excluding hydrogens is 272 g/mol. The Hall–Kier alpha value is -1.92. The number of hydrogen-bond donors (Lipinski definition) is 3. The van der Waals surface area contributed by atoms with E-state index in [0.717, 1.165) is 0 Å². The molecule has 0 aromatic heterocycles. The highest BCUT2D eigenvalue weighted by Gasteiger charge is 2.25. The molecule has 2 unspecified atom stereocenters. The molecule has 0 spiro atoms. The average Bonchev–Trinajstić information content (AvgIpc) is 2.48. The van der Waals surface area contributed by atoms with Gasteiger partial charge in [-0.05, 0) is 32.0 Å². The lowest BCUT2D eigenvalue weighted by Gasteiger charge is -2.36. The number of rotatable bonds is 2. The molecule has 1 fully saturated rings. The summed E-state index contributed by atoms with van der Waals surface area (Å²) in [6, 6.07) is 11.1. The SMILES string of the molecule is CN1CCCCC1C(N)c1ccccc1.O=C(O)C(=O)O. The predicted octanol–water partition coefficient (Wildman–Crippen LogP) is 1.33. The molecule has 1 aromatic carbocycles. The first-order valence-electron chi connectivity index (χ1n) is 6.90. The molecular formula is C15H22N2O4. The molecule has 0 bridgehead atoms. The Balaban J connectivity index is 0.000000315. The number of carboxylic acid groups (broad SMARTS) is 2. The summed E-state index contributed by atoms with van der Waals surface area (Å²) in [5.74, 6) is -3.65. The second-order valence-corrected chi connectivity index (χ2v) is 5.09. The third-order valence-electron chi connectivity index (χ3n) is 3.61. The van der Waals surface area contributed by atoms with Crippen molar-refractivity contribution in [1.82, 2.24) is 4.90 Å². The van der Waals surface area contributed by atoms with E-state index in [1.807, 2.05) is 6.07 Å². The monoisotopic (exact) mass is 294 g/mol. The van der Waals surface area contributed by atoms with Crippen LogP contribution < -0.4 is 5.73 Å². The molecule has 2 atom stereocenters. The van der Waals surface area contributed by atoms with Gasteiger partial charge in [-0.3, -0.25) is 0 Å². The van der Waals surface area contributed by atoms with Gasteiger partial charge in [-0.1, -0.05) is 36.8 Å². The summed E-state index contributed by atoms with van der Waals surface area (Å²) in [6.45, 7) is 1.19. The van der Waals surface area contributed by atoms with Crippen LogP contribution in [0, 0.1) is 0 Å². The topological polar surface area (TPSA) is 104 Å². The van der Waals surface area contributed by atoms with Crippen LogP contribution in [0.15, 0.2) is 30.3 Å². The van der Waals surface area contributed by atoms with Crippen molar-refractivity contribution in [3.8, 4) is 0 Å². The van der Waals surface area contributed by atoms with Crippen molar-refractivity contribution in [3.05, 3.63) is 35.9 Å². The number of nitrogens with zero attached hydrogens (tertiary/aromatic N) is 1. The Bertz CT molecular complexity index is 452. The Morgan fingerprint density at radius 2 is 1.76 bits per heavy atom. The van der Waals surface area contributed by atoms with Crippen LogP contribution in [0.4, 0.5) is 0 Å². The Morgan fingerprint density at radius 1 is 1.19 bits per heavy atom. The summed E-state index contributed by atoms with van der Waals surface area (Å²) in [5.41, 5.74) is 7.58. The molecule has 0 radical (unpaired) electrons. The summed E-state index contributed by atoms with van der Waals surface area (Å²) in [7, 11) is 2.19. The van der Waals surface area contributed by atoms with Crippen molar-refractivity contribution in [1.29, 1.82) is 0 Å². The van der Waals surface area contributed by atoms with Gasteiger partial charge >= 0.3 is 11.9 Å². The molecule has 21 heavy (non-hydrogen) atoms. The maximum absolute atomic E-state index is 9.10. The van der Waals surface area contributed by atoms with Crippen molar-refractivity contribution in [2.45, 2.75) is 31.3 Å². The van der Waals surface area contributed by atoms with Crippen LogP contribution >= 0.6 is 0 Å². The van der Waals surface area contributed by atoms with E-state index in [2.05, 4.69) is 36.2 Å². The second-order valence-electron chi connectivity index (χ2n) is 5.09. The lowest BCUT2D eigenvalue weighted by atomic mass is 9.92. The van der Waals surface area contributed by atoms with Crippen molar-refractivity contribution in [3.63, 3.8) is 0 Å². The molecule has 2 rings (SSSR count). The quantitative estimate of drug-likeness (QED) is 0.711. The minimum atomic E-state index is -1.82. The normalized spacial score (nSPS) is 20.0. The van der Waals surface area contributed by atoms with E-state index in [9.17, 15) is 0 Å².